The van der Waals surface area contributed by atoms with Crippen molar-refractivity contribution in [1.82, 2.24) is 19.6 Å². The normalized spacial score (nSPS) is 17.6. The first-order chi connectivity index (χ1) is 12.1. The minimum Gasteiger partial charge on any atom is -0.343 e. The molecule has 134 valence electrons. The third-order valence-corrected chi connectivity index (χ3v) is 5.03. The molecular formula is C17H22FN5OS. The van der Waals surface area contributed by atoms with Crippen LogP contribution in [0, 0.1) is 5.82 Å². The fourth-order valence-electron chi connectivity index (χ4n) is 2.92. The number of hydrogen-bond acceptors (Lipinski definition) is 5. The fourth-order valence-corrected chi connectivity index (χ4v) is 3.64. The molecule has 2 aromatic rings. The van der Waals surface area contributed by atoms with E-state index in [2.05, 4.69) is 19.6 Å². The summed E-state index contributed by atoms with van der Waals surface area (Å²) in [6.45, 7) is 6.74. The fraction of sp³-hybridized carbons (Fsp3) is 0.471. The van der Waals surface area contributed by atoms with E-state index < -0.39 is 0 Å². The molecule has 6 nitrogen and oxygen atoms in total. The molecular weight excluding hydrogens is 341 g/mol. The van der Waals surface area contributed by atoms with Crippen LogP contribution in [0.25, 0.3) is 0 Å². The first-order valence-electron chi connectivity index (χ1n) is 8.43. The molecule has 1 aromatic heterocycles. The smallest absolute Gasteiger partial charge is 0.317 e. The van der Waals surface area contributed by atoms with Gasteiger partial charge in [0.15, 0.2) is 0 Å². The Morgan fingerprint density at radius 2 is 2.12 bits per heavy atom. The second-order valence-corrected chi connectivity index (χ2v) is 6.85. The molecule has 0 radical (unpaired) electrons. The molecule has 2 amide bonds. The molecule has 1 saturated heterocycles. The summed E-state index contributed by atoms with van der Waals surface area (Å²) >= 11 is 1.37. The highest BCUT2D eigenvalue weighted by molar-refractivity contribution is 7.09. The number of halogens is 1. The predicted octanol–water partition coefficient (Wildman–Crippen LogP) is 2.51. The van der Waals surface area contributed by atoms with Gasteiger partial charge < -0.3 is 15.1 Å². The Bertz CT molecular complexity index is 720. The minimum absolute atomic E-state index is 0.0103. The average Bonchev–Trinajstić information content (AvgIpc) is 3.05. The Kier molecular flexibility index (Phi) is 5.47. The lowest BCUT2D eigenvalue weighted by atomic mass is 10.1. The molecule has 1 unspecified atom stereocenters. The number of nitrogens with one attached hydrogen (secondary N) is 1. The number of hydrogen-bond donors (Lipinski definition) is 1. The van der Waals surface area contributed by atoms with Crippen molar-refractivity contribution in [3.05, 3.63) is 41.5 Å². The van der Waals surface area contributed by atoms with Crippen LogP contribution in [0.2, 0.25) is 0 Å². The van der Waals surface area contributed by atoms with Gasteiger partial charge in [-0.15, -0.1) is 0 Å². The summed E-state index contributed by atoms with van der Waals surface area (Å²) in [7, 11) is 0. The van der Waals surface area contributed by atoms with E-state index in [1.54, 1.807) is 12.1 Å². The van der Waals surface area contributed by atoms with E-state index in [-0.39, 0.29) is 17.9 Å². The molecule has 1 aliphatic heterocycles. The Hall–Kier alpha value is -2.22. The van der Waals surface area contributed by atoms with Crippen molar-refractivity contribution in [3.8, 4) is 0 Å². The molecule has 1 aromatic carbocycles. The third-order valence-electron chi connectivity index (χ3n) is 4.22. The van der Waals surface area contributed by atoms with Gasteiger partial charge in [0, 0.05) is 50.2 Å². The van der Waals surface area contributed by atoms with Crippen LogP contribution < -0.4 is 10.2 Å². The topological polar surface area (TPSA) is 61.4 Å². The predicted molar refractivity (Wildman–Crippen MR) is 96.6 cm³/mol. The largest absolute Gasteiger partial charge is 0.343 e. The molecule has 25 heavy (non-hydrogen) atoms. The standard InChI is InChI=1S/C17H22FN5OS/c1-3-19-16(24)23-9-8-22(11-12(23)2)17-20-15(21-25-17)10-13-4-6-14(18)7-5-13/h4-7,12H,3,8-11H2,1-2H3,(H,19,24). The van der Waals surface area contributed by atoms with Crippen LogP contribution >= 0.6 is 11.5 Å². The molecule has 1 N–H and O–H groups in total. The molecule has 1 fully saturated rings. The Balaban J connectivity index is 1.61. The van der Waals surface area contributed by atoms with Crippen LogP contribution in [-0.4, -0.2) is 52.5 Å². The van der Waals surface area contributed by atoms with E-state index in [4.69, 9.17) is 0 Å². The molecule has 2 heterocycles. The first kappa shape index (κ1) is 17.6. The van der Waals surface area contributed by atoms with Crippen molar-refractivity contribution < 1.29 is 9.18 Å². The van der Waals surface area contributed by atoms with Gasteiger partial charge in [-0.25, -0.2) is 14.2 Å². The van der Waals surface area contributed by atoms with Gasteiger partial charge in [0.1, 0.15) is 11.6 Å². The molecule has 3 rings (SSSR count). The monoisotopic (exact) mass is 363 g/mol. The highest BCUT2D eigenvalue weighted by Crippen LogP contribution is 2.22. The van der Waals surface area contributed by atoms with E-state index in [0.29, 0.717) is 19.5 Å². The molecule has 0 bridgehead atoms. The second-order valence-electron chi connectivity index (χ2n) is 6.12. The van der Waals surface area contributed by atoms with Gasteiger partial charge >= 0.3 is 6.03 Å². The number of rotatable bonds is 4. The maximum atomic E-state index is 13.0. The summed E-state index contributed by atoms with van der Waals surface area (Å²) < 4.78 is 17.4. The van der Waals surface area contributed by atoms with Crippen LogP contribution in [0.5, 0.6) is 0 Å². The molecule has 0 saturated carbocycles. The van der Waals surface area contributed by atoms with Crippen molar-refractivity contribution in [3.63, 3.8) is 0 Å². The van der Waals surface area contributed by atoms with Crippen LogP contribution in [0.3, 0.4) is 0 Å². The van der Waals surface area contributed by atoms with Gasteiger partial charge in [-0.3, -0.25) is 0 Å². The Labute approximate surface area is 150 Å². The van der Waals surface area contributed by atoms with Gasteiger partial charge in [0.05, 0.1) is 0 Å². The number of anilines is 1. The lowest BCUT2D eigenvalue weighted by Crippen LogP contribution is -2.56. The van der Waals surface area contributed by atoms with Crippen LogP contribution in [-0.2, 0) is 6.42 Å². The van der Waals surface area contributed by atoms with Crippen LogP contribution in [0.4, 0.5) is 14.3 Å². The quantitative estimate of drug-likeness (QED) is 0.907. The van der Waals surface area contributed by atoms with Gasteiger partial charge in [0.2, 0.25) is 5.13 Å². The summed E-state index contributed by atoms with van der Waals surface area (Å²) in [5, 5.41) is 3.73. The molecule has 0 aliphatic carbocycles. The van der Waals surface area contributed by atoms with Crippen LogP contribution in [0.15, 0.2) is 24.3 Å². The number of benzene rings is 1. The number of nitrogens with zero attached hydrogens (tertiary/aromatic N) is 4. The number of amides is 2. The summed E-state index contributed by atoms with van der Waals surface area (Å²) in [4.78, 5) is 20.7. The molecule has 8 heteroatoms. The van der Waals surface area contributed by atoms with E-state index in [1.165, 1.54) is 23.7 Å². The number of aromatic nitrogens is 2. The van der Waals surface area contributed by atoms with Gasteiger partial charge in [0.25, 0.3) is 0 Å². The summed E-state index contributed by atoms with van der Waals surface area (Å²) in [6.07, 6.45) is 0.588. The van der Waals surface area contributed by atoms with E-state index in [9.17, 15) is 9.18 Å². The average molecular weight is 363 g/mol. The zero-order chi connectivity index (χ0) is 17.8. The minimum atomic E-state index is -0.241. The number of piperazine rings is 1. The van der Waals surface area contributed by atoms with Crippen molar-refractivity contribution in [2.45, 2.75) is 26.3 Å². The van der Waals surface area contributed by atoms with Gasteiger partial charge in [-0.05, 0) is 31.5 Å². The maximum absolute atomic E-state index is 13.0. The highest BCUT2D eigenvalue weighted by Gasteiger charge is 2.28. The first-order valence-corrected chi connectivity index (χ1v) is 9.20. The lowest BCUT2D eigenvalue weighted by Gasteiger charge is -2.39. The van der Waals surface area contributed by atoms with Crippen molar-refractivity contribution in [1.29, 1.82) is 0 Å². The molecule has 0 spiro atoms. The Morgan fingerprint density at radius 1 is 1.36 bits per heavy atom. The maximum Gasteiger partial charge on any atom is 0.317 e. The Morgan fingerprint density at radius 3 is 2.80 bits per heavy atom. The van der Waals surface area contributed by atoms with E-state index in [1.807, 2.05) is 18.7 Å². The van der Waals surface area contributed by atoms with Gasteiger partial charge in [-0.2, -0.15) is 4.37 Å². The zero-order valence-electron chi connectivity index (χ0n) is 14.4. The van der Waals surface area contributed by atoms with Crippen molar-refractivity contribution >= 4 is 22.7 Å². The molecule has 1 aliphatic rings. The van der Waals surface area contributed by atoms with Crippen molar-refractivity contribution in [2.75, 3.05) is 31.1 Å². The van der Waals surface area contributed by atoms with E-state index in [0.717, 1.165) is 29.6 Å². The second kappa shape index (κ2) is 7.77. The lowest BCUT2D eigenvalue weighted by molar-refractivity contribution is 0.172. The van der Waals surface area contributed by atoms with Gasteiger partial charge in [-0.1, -0.05) is 12.1 Å². The zero-order valence-corrected chi connectivity index (χ0v) is 15.2. The van der Waals surface area contributed by atoms with Crippen molar-refractivity contribution in [2.24, 2.45) is 0 Å². The molecule has 1 atom stereocenters. The number of urea groups is 1. The number of carbonyl (C=O) groups is 1. The number of carbonyl (C=O) groups excluding carboxylic acids is 1. The summed E-state index contributed by atoms with van der Waals surface area (Å²) in [5.41, 5.74) is 0.986. The highest BCUT2D eigenvalue weighted by atomic mass is 32.1. The van der Waals surface area contributed by atoms with Crippen LogP contribution in [0.1, 0.15) is 25.2 Å². The third kappa shape index (κ3) is 4.25. The summed E-state index contributed by atoms with van der Waals surface area (Å²) in [6, 6.07) is 6.51. The SMILES string of the molecule is CCNC(=O)N1CCN(c2nc(Cc3ccc(F)cc3)ns2)CC1C. The summed E-state index contributed by atoms with van der Waals surface area (Å²) in [5.74, 6) is 0.500. The van der Waals surface area contributed by atoms with E-state index >= 15 is 0 Å².